The summed E-state index contributed by atoms with van der Waals surface area (Å²) in [5.41, 5.74) is 1.25. The summed E-state index contributed by atoms with van der Waals surface area (Å²) in [6.45, 7) is 4.48. The predicted molar refractivity (Wildman–Crippen MR) is 91.3 cm³/mol. The van der Waals surface area contributed by atoms with Crippen molar-refractivity contribution < 1.29 is 4.42 Å². The normalized spacial score (nSPS) is 18.1. The first-order chi connectivity index (χ1) is 11.9. The minimum atomic E-state index is 0.447. The number of anilines is 1. The Balaban J connectivity index is 1.46. The molecule has 1 unspecified atom stereocenters. The van der Waals surface area contributed by atoms with Gasteiger partial charge in [-0.15, -0.1) is 0 Å². The van der Waals surface area contributed by atoms with E-state index < -0.39 is 0 Å². The van der Waals surface area contributed by atoms with Crippen molar-refractivity contribution in [3.8, 4) is 0 Å². The van der Waals surface area contributed by atoms with Gasteiger partial charge in [0.25, 0.3) is 0 Å². The van der Waals surface area contributed by atoms with E-state index >= 15 is 0 Å². The number of hydrogen-bond donors (Lipinski definition) is 1. The molecular formula is C18H21N5O. The maximum Gasteiger partial charge on any atom is 0.125 e. The molecular weight excluding hydrogens is 302 g/mol. The molecule has 1 atom stereocenters. The summed E-state index contributed by atoms with van der Waals surface area (Å²) in [4.78, 5) is 6.76. The second-order valence-electron chi connectivity index (χ2n) is 6.22. The number of rotatable bonds is 5. The van der Waals surface area contributed by atoms with Gasteiger partial charge < -0.3 is 9.73 Å². The second kappa shape index (κ2) is 6.88. The lowest BCUT2D eigenvalue weighted by Gasteiger charge is -2.23. The highest BCUT2D eigenvalue weighted by Crippen LogP contribution is 2.19. The lowest BCUT2D eigenvalue weighted by atomic mass is 10.1. The molecule has 0 spiro atoms. The molecule has 0 aliphatic carbocycles. The number of hydrogen-bond acceptors (Lipinski definition) is 5. The highest BCUT2D eigenvalue weighted by atomic mass is 16.3. The van der Waals surface area contributed by atoms with Crippen LogP contribution in [0.5, 0.6) is 0 Å². The van der Waals surface area contributed by atoms with E-state index in [9.17, 15) is 0 Å². The molecule has 0 fully saturated rings. The molecule has 3 aromatic rings. The molecule has 1 aliphatic heterocycles. The van der Waals surface area contributed by atoms with E-state index in [1.54, 1.807) is 6.26 Å². The van der Waals surface area contributed by atoms with Crippen molar-refractivity contribution in [1.29, 1.82) is 0 Å². The topological polar surface area (TPSA) is 59.1 Å². The Bertz CT molecular complexity index is 753. The van der Waals surface area contributed by atoms with Gasteiger partial charge in [0, 0.05) is 44.5 Å². The number of aromatic nitrogens is 3. The van der Waals surface area contributed by atoms with E-state index in [1.807, 2.05) is 42.7 Å². The molecule has 0 saturated heterocycles. The Kier molecular flexibility index (Phi) is 4.29. The average molecular weight is 323 g/mol. The van der Waals surface area contributed by atoms with Crippen molar-refractivity contribution in [2.75, 3.05) is 18.4 Å². The van der Waals surface area contributed by atoms with Crippen molar-refractivity contribution in [2.45, 2.75) is 19.6 Å². The van der Waals surface area contributed by atoms with Gasteiger partial charge in [0.05, 0.1) is 18.5 Å². The molecule has 6 heteroatoms. The molecule has 124 valence electrons. The number of pyridine rings is 1. The van der Waals surface area contributed by atoms with Gasteiger partial charge in [-0.25, -0.2) is 4.98 Å². The zero-order valence-electron chi connectivity index (χ0n) is 13.5. The summed E-state index contributed by atoms with van der Waals surface area (Å²) in [6, 6.07) is 12.0. The van der Waals surface area contributed by atoms with E-state index in [-0.39, 0.29) is 0 Å². The molecule has 4 heterocycles. The third-order valence-corrected chi connectivity index (χ3v) is 4.33. The molecule has 3 aromatic heterocycles. The lowest BCUT2D eigenvalue weighted by molar-refractivity contribution is 0.209. The third-order valence-electron chi connectivity index (χ3n) is 4.33. The van der Waals surface area contributed by atoms with Crippen LogP contribution in [0.15, 0.2) is 59.5 Å². The summed E-state index contributed by atoms with van der Waals surface area (Å²) in [6.07, 6.45) is 5.43. The zero-order chi connectivity index (χ0) is 16.2. The molecule has 6 nitrogen and oxygen atoms in total. The first-order valence-electron chi connectivity index (χ1n) is 8.27. The quantitative estimate of drug-likeness (QED) is 0.782. The summed E-state index contributed by atoms with van der Waals surface area (Å²) in [7, 11) is 0. The van der Waals surface area contributed by atoms with Crippen LogP contribution in [0.4, 0.5) is 5.82 Å². The minimum Gasteiger partial charge on any atom is -0.468 e. The third kappa shape index (κ3) is 3.49. The van der Waals surface area contributed by atoms with Crippen molar-refractivity contribution in [3.05, 3.63) is 66.5 Å². The summed E-state index contributed by atoms with van der Waals surface area (Å²) in [5, 5.41) is 7.92. The smallest absolute Gasteiger partial charge is 0.125 e. The van der Waals surface area contributed by atoms with Crippen molar-refractivity contribution in [1.82, 2.24) is 19.7 Å². The Morgan fingerprint density at radius 2 is 2.12 bits per heavy atom. The largest absolute Gasteiger partial charge is 0.468 e. The van der Waals surface area contributed by atoms with Gasteiger partial charge in [0.15, 0.2) is 0 Å². The van der Waals surface area contributed by atoms with Crippen molar-refractivity contribution in [3.63, 3.8) is 0 Å². The fourth-order valence-electron chi connectivity index (χ4n) is 3.21. The highest BCUT2D eigenvalue weighted by Gasteiger charge is 2.23. The molecule has 0 aromatic carbocycles. The van der Waals surface area contributed by atoms with Gasteiger partial charge in [-0.3, -0.25) is 9.58 Å². The monoisotopic (exact) mass is 323 g/mol. The van der Waals surface area contributed by atoms with Crippen LogP contribution in [-0.4, -0.2) is 32.8 Å². The molecule has 0 amide bonds. The van der Waals surface area contributed by atoms with E-state index in [1.165, 1.54) is 5.69 Å². The van der Waals surface area contributed by atoms with Gasteiger partial charge in [-0.1, -0.05) is 6.07 Å². The molecule has 1 N–H and O–H groups in total. The lowest BCUT2D eigenvalue weighted by Crippen LogP contribution is -2.31. The molecule has 0 bridgehead atoms. The van der Waals surface area contributed by atoms with Crippen LogP contribution in [0.3, 0.4) is 0 Å². The van der Waals surface area contributed by atoms with Gasteiger partial charge in [0.1, 0.15) is 11.6 Å². The van der Waals surface area contributed by atoms with E-state index in [4.69, 9.17) is 4.42 Å². The average Bonchev–Trinajstić information content (AvgIpc) is 3.23. The Morgan fingerprint density at radius 1 is 1.12 bits per heavy atom. The molecule has 24 heavy (non-hydrogen) atoms. The Labute approximate surface area is 141 Å². The highest BCUT2D eigenvalue weighted by molar-refractivity contribution is 5.33. The number of furan rings is 1. The molecule has 1 aliphatic rings. The first kappa shape index (κ1) is 15.0. The molecule has 4 rings (SSSR count). The Hall–Kier alpha value is -2.60. The Morgan fingerprint density at radius 3 is 2.96 bits per heavy atom. The fraction of sp³-hybridized carbons (Fsp3) is 0.333. The minimum absolute atomic E-state index is 0.447. The summed E-state index contributed by atoms with van der Waals surface area (Å²) >= 11 is 0. The van der Waals surface area contributed by atoms with Gasteiger partial charge in [-0.05, 0) is 30.3 Å². The van der Waals surface area contributed by atoms with Crippen LogP contribution in [0, 0.1) is 5.92 Å². The van der Waals surface area contributed by atoms with E-state index in [2.05, 4.69) is 31.0 Å². The number of nitrogens with zero attached hydrogens (tertiary/aromatic N) is 4. The summed E-state index contributed by atoms with van der Waals surface area (Å²) < 4.78 is 7.64. The van der Waals surface area contributed by atoms with Gasteiger partial charge in [0.2, 0.25) is 0 Å². The molecule has 0 saturated carbocycles. The standard InChI is InChI=1S/C18H21N5O/c1-2-7-19-18(5-1)20-10-15-11-22(14-17-4-3-9-24-17)13-16-6-8-21-23(16)12-15/h1-9,15H,10-14H2,(H,19,20). The summed E-state index contributed by atoms with van der Waals surface area (Å²) in [5.74, 6) is 2.36. The second-order valence-corrected chi connectivity index (χ2v) is 6.22. The maximum atomic E-state index is 5.52. The van der Waals surface area contributed by atoms with Gasteiger partial charge >= 0.3 is 0 Å². The first-order valence-corrected chi connectivity index (χ1v) is 8.27. The number of fused-ring (bicyclic) bond motifs is 1. The predicted octanol–water partition coefficient (Wildman–Crippen LogP) is 2.62. The van der Waals surface area contributed by atoms with Crippen LogP contribution < -0.4 is 5.32 Å². The van der Waals surface area contributed by atoms with Crippen LogP contribution >= 0.6 is 0 Å². The van der Waals surface area contributed by atoms with Crippen LogP contribution in [0.1, 0.15) is 11.5 Å². The van der Waals surface area contributed by atoms with Crippen LogP contribution in [-0.2, 0) is 19.6 Å². The SMILES string of the molecule is c1ccc(NCC2CN(Cc3ccco3)Cc3ccnn3C2)nc1. The zero-order valence-corrected chi connectivity index (χ0v) is 13.5. The van der Waals surface area contributed by atoms with E-state index in [0.29, 0.717) is 5.92 Å². The number of nitrogens with one attached hydrogen (secondary N) is 1. The van der Waals surface area contributed by atoms with Gasteiger partial charge in [-0.2, -0.15) is 5.10 Å². The van der Waals surface area contributed by atoms with Crippen LogP contribution in [0.2, 0.25) is 0 Å². The maximum absolute atomic E-state index is 5.52. The van der Waals surface area contributed by atoms with Crippen molar-refractivity contribution >= 4 is 5.82 Å². The molecule has 0 radical (unpaired) electrons. The van der Waals surface area contributed by atoms with Crippen LogP contribution in [0.25, 0.3) is 0 Å². The fourth-order valence-corrected chi connectivity index (χ4v) is 3.21. The van der Waals surface area contributed by atoms with Crippen molar-refractivity contribution in [2.24, 2.45) is 5.92 Å². The van der Waals surface area contributed by atoms with E-state index in [0.717, 1.165) is 44.3 Å².